The Morgan fingerprint density at radius 3 is 2.71 bits per heavy atom. The van der Waals surface area contributed by atoms with Gasteiger partial charge in [0.1, 0.15) is 5.75 Å². The van der Waals surface area contributed by atoms with Crippen LogP contribution in [0.25, 0.3) is 10.9 Å². The second-order valence-corrected chi connectivity index (χ2v) is 4.60. The largest absolute Gasteiger partial charge is 0.496 e. The molecule has 1 aromatic heterocycles. The van der Waals surface area contributed by atoms with Crippen molar-refractivity contribution in [3.8, 4) is 5.75 Å². The van der Waals surface area contributed by atoms with Crippen LogP contribution in [0.2, 0.25) is 0 Å². The van der Waals surface area contributed by atoms with Gasteiger partial charge in [-0.1, -0.05) is 0 Å². The molecule has 0 aliphatic heterocycles. The normalized spacial score (nSPS) is 10.5. The maximum atomic E-state index is 5.20. The number of hydrogen-bond acceptors (Lipinski definition) is 2. The fourth-order valence-corrected chi connectivity index (χ4v) is 2.10. The fourth-order valence-electron chi connectivity index (χ4n) is 1.26. The summed E-state index contributed by atoms with van der Waals surface area (Å²) in [5, 5.41) is 1.06. The van der Waals surface area contributed by atoms with Crippen molar-refractivity contribution in [2.75, 3.05) is 7.11 Å². The van der Waals surface area contributed by atoms with Crippen LogP contribution in [-0.4, -0.2) is 12.1 Å². The van der Waals surface area contributed by atoms with E-state index in [4.69, 9.17) is 4.74 Å². The van der Waals surface area contributed by atoms with Gasteiger partial charge in [-0.05, 0) is 50.1 Å². The van der Waals surface area contributed by atoms with Crippen molar-refractivity contribution in [3.05, 3.63) is 33.3 Å². The van der Waals surface area contributed by atoms with Crippen LogP contribution in [0.5, 0.6) is 5.75 Å². The first-order valence-electron chi connectivity index (χ1n) is 3.99. The van der Waals surface area contributed by atoms with Gasteiger partial charge in [0, 0.05) is 16.1 Å². The van der Waals surface area contributed by atoms with Crippen LogP contribution >= 0.6 is 31.9 Å². The number of rotatable bonds is 1. The Hall–Kier alpha value is -0.610. The van der Waals surface area contributed by atoms with Gasteiger partial charge in [0.25, 0.3) is 0 Å². The van der Waals surface area contributed by atoms with Crippen LogP contribution in [-0.2, 0) is 0 Å². The molecule has 2 rings (SSSR count). The van der Waals surface area contributed by atoms with E-state index in [1.807, 2.05) is 18.2 Å². The standard InChI is InChI=1S/C10H7Br2NO/c1-14-10-3-6-2-7(11)5-13-9(6)4-8(10)12/h2-5H,1H3. The molecule has 0 radical (unpaired) electrons. The summed E-state index contributed by atoms with van der Waals surface area (Å²) in [5.41, 5.74) is 0.945. The number of ether oxygens (including phenoxy) is 1. The summed E-state index contributed by atoms with van der Waals surface area (Å²) in [6.07, 6.45) is 1.78. The Balaban J connectivity index is 2.73. The number of aromatic nitrogens is 1. The number of fused-ring (bicyclic) bond motifs is 1. The zero-order valence-corrected chi connectivity index (χ0v) is 10.6. The Kier molecular flexibility index (Phi) is 2.74. The lowest BCUT2D eigenvalue weighted by Crippen LogP contribution is -1.86. The molecule has 0 atom stereocenters. The molecule has 0 fully saturated rings. The molecule has 1 heterocycles. The van der Waals surface area contributed by atoms with E-state index in [0.29, 0.717) is 0 Å². The number of pyridine rings is 1. The number of nitrogens with zero attached hydrogens (tertiary/aromatic N) is 1. The fraction of sp³-hybridized carbons (Fsp3) is 0.100. The summed E-state index contributed by atoms with van der Waals surface area (Å²) < 4.78 is 7.09. The summed E-state index contributed by atoms with van der Waals surface area (Å²) in [4.78, 5) is 4.28. The number of hydrogen-bond donors (Lipinski definition) is 0. The third-order valence-electron chi connectivity index (χ3n) is 1.92. The molecule has 0 saturated heterocycles. The van der Waals surface area contributed by atoms with E-state index < -0.39 is 0 Å². The van der Waals surface area contributed by atoms with Crippen LogP contribution in [0.3, 0.4) is 0 Å². The van der Waals surface area contributed by atoms with Gasteiger partial charge in [0.05, 0.1) is 17.1 Å². The zero-order chi connectivity index (χ0) is 10.1. The van der Waals surface area contributed by atoms with Crippen LogP contribution in [0, 0.1) is 0 Å². The van der Waals surface area contributed by atoms with E-state index in [2.05, 4.69) is 36.8 Å². The van der Waals surface area contributed by atoms with Crippen molar-refractivity contribution in [2.24, 2.45) is 0 Å². The third-order valence-corrected chi connectivity index (χ3v) is 2.97. The molecule has 1 aromatic carbocycles. The van der Waals surface area contributed by atoms with Gasteiger partial charge in [0.15, 0.2) is 0 Å². The van der Waals surface area contributed by atoms with E-state index in [-0.39, 0.29) is 0 Å². The van der Waals surface area contributed by atoms with E-state index in [1.165, 1.54) is 0 Å². The Morgan fingerprint density at radius 2 is 2.00 bits per heavy atom. The molecule has 2 aromatic rings. The molecule has 0 spiro atoms. The smallest absolute Gasteiger partial charge is 0.133 e. The average Bonchev–Trinajstić information content (AvgIpc) is 2.17. The molecule has 14 heavy (non-hydrogen) atoms. The molecule has 0 bridgehead atoms. The van der Waals surface area contributed by atoms with E-state index in [9.17, 15) is 0 Å². The second kappa shape index (κ2) is 3.87. The van der Waals surface area contributed by atoms with Gasteiger partial charge >= 0.3 is 0 Å². The lowest BCUT2D eigenvalue weighted by atomic mass is 10.2. The van der Waals surface area contributed by atoms with Crippen molar-refractivity contribution >= 4 is 42.8 Å². The molecule has 0 unspecified atom stereocenters. The highest BCUT2D eigenvalue weighted by Gasteiger charge is 2.03. The highest BCUT2D eigenvalue weighted by molar-refractivity contribution is 9.10. The predicted octanol–water partition coefficient (Wildman–Crippen LogP) is 3.77. The highest BCUT2D eigenvalue weighted by atomic mass is 79.9. The molecule has 0 aliphatic carbocycles. The Morgan fingerprint density at radius 1 is 1.21 bits per heavy atom. The van der Waals surface area contributed by atoms with Crippen LogP contribution in [0.15, 0.2) is 33.3 Å². The minimum absolute atomic E-state index is 0.817. The SMILES string of the molecule is COc1cc2cc(Br)cnc2cc1Br. The first kappa shape index (κ1) is 9.93. The summed E-state index contributed by atoms with van der Waals surface area (Å²) in [6, 6.07) is 5.91. The number of halogens is 2. The minimum atomic E-state index is 0.817. The quantitative estimate of drug-likeness (QED) is 0.799. The van der Waals surface area contributed by atoms with Gasteiger partial charge < -0.3 is 4.74 Å². The maximum absolute atomic E-state index is 5.20. The van der Waals surface area contributed by atoms with E-state index in [1.54, 1.807) is 13.3 Å². The van der Waals surface area contributed by atoms with E-state index in [0.717, 1.165) is 25.6 Å². The van der Waals surface area contributed by atoms with Crippen LogP contribution in [0.1, 0.15) is 0 Å². The Labute approximate surface area is 98.5 Å². The lowest BCUT2D eigenvalue weighted by molar-refractivity contribution is 0.413. The van der Waals surface area contributed by atoms with Crippen molar-refractivity contribution < 1.29 is 4.74 Å². The topological polar surface area (TPSA) is 22.1 Å². The number of benzene rings is 1. The summed E-state index contributed by atoms with van der Waals surface area (Å²) in [7, 11) is 1.65. The molecular formula is C10H7Br2NO. The zero-order valence-electron chi connectivity index (χ0n) is 7.42. The van der Waals surface area contributed by atoms with Crippen molar-refractivity contribution in [3.63, 3.8) is 0 Å². The molecule has 0 saturated carbocycles. The molecule has 4 heteroatoms. The molecule has 2 nitrogen and oxygen atoms in total. The third kappa shape index (κ3) is 1.77. The minimum Gasteiger partial charge on any atom is -0.496 e. The highest BCUT2D eigenvalue weighted by Crippen LogP contribution is 2.30. The van der Waals surface area contributed by atoms with E-state index >= 15 is 0 Å². The van der Waals surface area contributed by atoms with Gasteiger partial charge in [0.2, 0.25) is 0 Å². The lowest BCUT2D eigenvalue weighted by Gasteiger charge is -2.05. The maximum Gasteiger partial charge on any atom is 0.133 e. The van der Waals surface area contributed by atoms with Crippen molar-refractivity contribution in [1.29, 1.82) is 0 Å². The molecule has 0 N–H and O–H groups in total. The van der Waals surface area contributed by atoms with Crippen LogP contribution < -0.4 is 4.74 Å². The van der Waals surface area contributed by atoms with Gasteiger partial charge in [-0.2, -0.15) is 0 Å². The van der Waals surface area contributed by atoms with Gasteiger partial charge in [-0.3, -0.25) is 4.98 Å². The number of methoxy groups -OCH3 is 1. The summed E-state index contributed by atoms with van der Waals surface area (Å²) in [6.45, 7) is 0. The molecular weight excluding hydrogens is 310 g/mol. The van der Waals surface area contributed by atoms with Crippen LogP contribution in [0.4, 0.5) is 0 Å². The van der Waals surface area contributed by atoms with Crippen molar-refractivity contribution in [2.45, 2.75) is 0 Å². The average molecular weight is 317 g/mol. The first-order valence-corrected chi connectivity index (χ1v) is 5.58. The van der Waals surface area contributed by atoms with Gasteiger partial charge in [-0.15, -0.1) is 0 Å². The summed E-state index contributed by atoms with van der Waals surface area (Å²) >= 11 is 6.80. The van der Waals surface area contributed by atoms with Crippen molar-refractivity contribution in [1.82, 2.24) is 4.98 Å². The molecule has 0 amide bonds. The first-order chi connectivity index (χ1) is 6.70. The summed E-state index contributed by atoms with van der Waals surface area (Å²) in [5.74, 6) is 0.817. The monoisotopic (exact) mass is 315 g/mol. The Bertz CT molecular complexity index is 485. The second-order valence-electron chi connectivity index (χ2n) is 2.83. The predicted molar refractivity (Wildman–Crippen MR) is 63.7 cm³/mol. The molecule has 72 valence electrons. The molecule has 0 aliphatic rings. The van der Waals surface area contributed by atoms with Gasteiger partial charge in [-0.25, -0.2) is 0 Å².